The number of pyridine rings is 1. The van der Waals surface area contributed by atoms with Crippen molar-refractivity contribution in [2.75, 3.05) is 19.5 Å². The van der Waals surface area contributed by atoms with Gasteiger partial charge in [0.05, 0.1) is 12.7 Å². The van der Waals surface area contributed by atoms with Crippen LogP contribution < -0.4 is 21.7 Å². The van der Waals surface area contributed by atoms with Crippen molar-refractivity contribution in [3.63, 3.8) is 0 Å². The number of hydrogen-bond acceptors (Lipinski definition) is 8. The first-order valence-electron chi connectivity index (χ1n) is 8.11. The normalized spacial score (nSPS) is 10.5. The number of nitrogens with zero attached hydrogens (tertiary/aromatic N) is 3. The summed E-state index contributed by atoms with van der Waals surface area (Å²) in [5.74, 6) is -1.52. The third-order valence-corrected chi connectivity index (χ3v) is 3.82. The molecule has 0 aromatic carbocycles. The highest BCUT2D eigenvalue weighted by atomic mass is 16.5. The Bertz CT molecular complexity index is 975. The Hall–Kier alpha value is -3.43. The van der Waals surface area contributed by atoms with Crippen molar-refractivity contribution < 1.29 is 19.1 Å². The lowest BCUT2D eigenvalue weighted by atomic mass is 10.2. The molecule has 0 aliphatic heterocycles. The van der Waals surface area contributed by atoms with Gasteiger partial charge in [0.15, 0.2) is 6.61 Å². The lowest BCUT2D eigenvalue weighted by Gasteiger charge is -2.13. The lowest BCUT2D eigenvalue weighted by molar-refractivity contribution is 0.0473. The highest BCUT2D eigenvalue weighted by Gasteiger charge is 2.22. The summed E-state index contributed by atoms with van der Waals surface area (Å²) in [7, 11) is 2.68. The number of nitrogens with two attached hydrogens (primary N) is 1. The van der Waals surface area contributed by atoms with Gasteiger partial charge in [-0.15, -0.1) is 0 Å². The van der Waals surface area contributed by atoms with Gasteiger partial charge in [-0.3, -0.25) is 18.7 Å². The van der Waals surface area contributed by atoms with Gasteiger partial charge in [0, 0.05) is 25.9 Å². The van der Waals surface area contributed by atoms with Gasteiger partial charge in [0.1, 0.15) is 11.4 Å². The van der Waals surface area contributed by atoms with Crippen molar-refractivity contribution in [2.45, 2.75) is 19.9 Å². The minimum atomic E-state index is -0.836. The highest BCUT2D eigenvalue weighted by Crippen LogP contribution is 2.10. The Balaban J connectivity index is 2.24. The SMILES string of the molecule is CCCn1c(N)c(C(=O)COC(=O)c2ccc(OC)nc2)c(=O)n(C)c1=O. The summed E-state index contributed by atoms with van der Waals surface area (Å²) >= 11 is 0. The van der Waals surface area contributed by atoms with Crippen LogP contribution in [-0.2, 0) is 18.3 Å². The van der Waals surface area contributed by atoms with Crippen LogP contribution in [0.2, 0.25) is 0 Å². The van der Waals surface area contributed by atoms with Crippen molar-refractivity contribution in [3.05, 3.63) is 50.3 Å². The van der Waals surface area contributed by atoms with E-state index in [4.69, 9.17) is 15.2 Å². The second-order valence-electron chi connectivity index (χ2n) is 5.65. The fraction of sp³-hybridized carbons (Fsp3) is 0.353. The maximum atomic E-state index is 12.4. The highest BCUT2D eigenvalue weighted by molar-refractivity contribution is 6.02. The Morgan fingerprint density at radius 3 is 2.52 bits per heavy atom. The van der Waals surface area contributed by atoms with E-state index in [1.165, 1.54) is 32.5 Å². The summed E-state index contributed by atoms with van der Waals surface area (Å²) in [6.45, 7) is 1.37. The lowest BCUT2D eigenvalue weighted by Crippen LogP contribution is -2.43. The monoisotopic (exact) mass is 376 g/mol. The first kappa shape index (κ1) is 19.9. The Morgan fingerprint density at radius 2 is 1.96 bits per heavy atom. The number of aromatic nitrogens is 3. The quantitative estimate of drug-likeness (QED) is 0.526. The van der Waals surface area contributed by atoms with Crippen LogP contribution in [0, 0.1) is 0 Å². The van der Waals surface area contributed by atoms with Crippen molar-refractivity contribution in [2.24, 2.45) is 7.05 Å². The van der Waals surface area contributed by atoms with Crippen LogP contribution in [-0.4, -0.2) is 39.6 Å². The molecule has 10 nitrogen and oxygen atoms in total. The number of carbonyl (C=O) groups is 2. The molecule has 27 heavy (non-hydrogen) atoms. The molecule has 0 saturated heterocycles. The van der Waals surface area contributed by atoms with Gasteiger partial charge in [0.2, 0.25) is 11.7 Å². The van der Waals surface area contributed by atoms with Gasteiger partial charge in [-0.2, -0.15) is 0 Å². The largest absolute Gasteiger partial charge is 0.481 e. The van der Waals surface area contributed by atoms with Crippen LogP contribution in [0.15, 0.2) is 27.9 Å². The van der Waals surface area contributed by atoms with Gasteiger partial charge in [-0.1, -0.05) is 6.92 Å². The number of methoxy groups -OCH3 is 1. The molecule has 2 heterocycles. The number of ether oxygens (including phenoxy) is 2. The number of ketones is 1. The van der Waals surface area contributed by atoms with Gasteiger partial charge in [-0.05, 0) is 12.5 Å². The molecule has 0 aliphatic carbocycles. The number of nitrogen functional groups attached to an aromatic ring is 1. The van der Waals surface area contributed by atoms with E-state index in [2.05, 4.69) is 4.98 Å². The number of Topliss-reactive ketones (excluding diaryl/α,β-unsaturated/α-hetero) is 1. The van der Waals surface area contributed by atoms with Crippen LogP contribution in [0.4, 0.5) is 5.82 Å². The second kappa shape index (κ2) is 8.30. The molecule has 0 fully saturated rings. The van der Waals surface area contributed by atoms with Crippen molar-refractivity contribution in [3.8, 4) is 5.88 Å². The summed E-state index contributed by atoms with van der Waals surface area (Å²) in [4.78, 5) is 52.7. The summed E-state index contributed by atoms with van der Waals surface area (Å²) in [6, 6.07) is 2.89. The zero-order valence-electron chi connectivity index (χ0n) is 15.2. The van der Waals surface area contributed by atoms with Crippen molar-refractivity contribution in [1.82, 2.24) is 14.1 Å². The van der Waals surface area contributed by atoms with E-state index >= 15 is 0 Å². The zero-order valence-corrected chi connectivity index (χ0v) is 15.2. The fourth-order valence-corrected chi connectivity index (χ4v) is 2.39. The summed E-state index contributed by atoms with van der Waals surface area (Å²) in [5, 5.41) is 0. The van der Waals surface area contributed by atoms with E-state index in [9.17, 15) is 19.2 Å². The second-order valence-corrected chi connectivity index (χ2v) is 5.65. The molecule has 0 aliphatic rings. The zero-order chi connectivity index (χ0) is 20.1. The smallest absolute Gasteiger partial charge is 0.340 e. The summed E-state index contributed by atoms with van der Waals surface area (Å²) in [6.07, 6.45) is 1.82. The Morgan fingerprint density at radius 1 is 1.26 bits per heavy atom. The standard InChI is InChI=1S/C17H20N4O6/c1-4-7-21-14(18)13(15(23)20(2)17(21)25)11(22)9-27-16(24)10-5-6-12(26-3)19-8-10/h5-6,8H,4,7,9,18H2,1-3H3. The predicted octanol–water partition coefficient (Wildman–Crippen LogP) is -0.0175. The summed E-state index contributed by atoms with van der Waals surface area (Å²) < 4.78 is 11.8. The van der Waals surface area contributed by atoms with E-state index in [-0.39, 0.29) is 23.5 Å². The van der Waals surface area contributed by atoms with E-state index in [1.807, 2.05) is 6.92 Å². The molecule has 0 radical (unpaired) electrons. The number of anilines is 1. The predicted molar refractivity (Wildman–Crippen MR) is 96.0 cm³/mol. The van der Waals surface area contributed by atoms with Crippen LogP contribution in [0.5, 0.6) is 5.88 Å². The van der Waals surface area contributed by atoms with E-state index < -0.39 is 29.6 Å². The molecule has 0 bridgehead atoms. The molecule has 2 N–H and O–H groups in total. The molecule has 0 spiro atoms. The van der Waals surface area contributed by atoms with Crippen LogP contribution in [0.25, 0.3) is 0 Å². The first-order chi connectivity index (χ1) is 12.8. The molecule has 0 atom stereocenters. The topological polar surface area (TPSA) is 136 Å². The number of rotatable bonds is 7. The van der Waals surface area contributed by atoms with Crippen LogP contribution in [0.1, 0.15) is 34.1 Å². The van der Waals surface area contributed by atoms with Crippen molar-refractivity contribution in [1.29, 1.82) is 0 Å². The van der Waals surface area contributed by atoms with Crippen LogP contribution >= 0.6 is 0 Å². The van der Waals surface area contributed by atoms with Crippen LogP contribution in [0.3, 0.4) is 0 Å². The van der Waals surface area contributed by atoms with Gasteiger partial charge in [0.25, 0.3) is 5.56 Å². The molecule has 2 aromatic rings. The average molecular weight is 376 g/mol. The van der Waals surface area contributed by atoms with Gasteiger partial charge < -0.3 is 15.2 Å². The molecular formula is C17H20N4O6. The van der Waals surface area contributed by atoms with E-state index in [0.717, 1.165) is 9.13 Å². The Kier molecular flexibility index (Phi) is 6.11. The minimum absolute atomic E-state index is 0.112. The average Bonchev–Trinajstić information content (AvgIpc) is 2.68. The molecule has 0 saturated carbocycles. The van der Waals surface area contributed by atoms with Crippen molar-refractivity contribution >= 4 is 17.6 Å². The molecule has 144 valence electrons. The maximum Gasteiger partial charge on any atom is 0.340 e. The van der Waals surface area contributed by atoms with E-state index in [0.29, 0.717) is 12.3 Å². The number of esters is 1. The van der Waals surface area contributed by atoms with Gasteiger partial charge >= 0.3 is 11.7 Å². The Labute approximate surface area is 154 Å². The first-order valence-corrected chi connectivity index (χ1v) is 8.11. The minimum Gasteiger partial charge on any atom is -0.481 e. The number of hydrogen-bond donors (Lipinski definition) is 1. The number of carbonyl (C=O) groups excluding carboxylic acids is 2. The van der Waals surface area contributed by atoms with Gasteiger partial charge in [-0.25, -0.2) is 14.6 Å². The third-order valence-electron chi connectivity index (χ3n) is 3.82. The molecule has 0 amide bonds. The molecule has 10 heteroatoms. The molecule has 2 rings (SSSR count). The maximum absolute atomic E-state index is 12.4. The molecule has 0 unspecified atom stereocenters. The summed E-state index contributed by atoms with van der Waals surface area (Å²) in [5.41, 5.74) is 4.13. The molecule has 2 aromatic heterocycles. The van der Waals surface area contributed by atoms with E-state index in [1.54, 1.807) is 0 Å². The fourth-order valence-electron chi connectivity index (χ4n) is 2.39. The molecular weight excluding hydrogens is 356 g/mol. The third kappa shape index (κ3) is 4.05.